The van der Waals surface area contributed by atoms with Crippen LogP contribution in [0.5, 0.6) is 5.75 Å². The summed E-state index contributed by atoms with van der Waals surface area (Å²) >= 11 is 17.8. The number of amides is 1. The lowest BCUT2D eigenvalue weighted by atomic mass is 10.1. The maximum atomic E-state index is 11.8. The van der Waals surface area contributed by atoms with Gasteiger partial charge >= 0.3 is 0 Å². The van der Waals surface area contributed by atoms with Crippen molar-refractivity contribution in [2.24, 2.45) is 0 Å². The number of likely N-dealkylation sites (tertiary alicyclic amines) is 1. The van der Waals surface area contributed by atoms with Crippen LogP contribution in [0.15, 0.2) is 29.4 Å². The molecule has 1 aliphatic rings. The van der Waals surface area contributed by atoms with E-state index in [1.165, 1.54) is 6.20 Å². The Bertz CT molecular complexity index is 719. The molecular formula is C19H25Cl3N4O2. The highest BCUT2D eigenvalue weighted by atomic mass is 35.5. The van der Waals surface area contributed by atoms with Gasteiger partial charge in [0, 0.05) is 38.9 Å². The molecular weight excluding hydrogens is 423 g/mol. The number of carbonyl (C=O) groups excluding carboxylic acids is 1. The number of halogens is 3. The molecule has 9 heteroatoms. The third-order valence-corrected chi connectivity index (χ3v) is 5.44. The predicted octanol–water partition coefficient (Wildman–Crippen LogP) is 3.66. The van der Waals surface area contributed by atoms with Gasteiger partial charge in [-0.15, -0.1) is 0 Å². The molecule has 6 nitrogen and oxygen atoms in total. The molecule has 1 heterocycles. The third-order valence-electron chi connectivity index (χ3n) is 4.40. The first-order valence-corrected chi connectivity index (χ1v) is 10.3. The van der Waals surface area contributed by atoms with Gasteiger partial charge in [-0.1, -0.05) is 34.8 Å². The molecule has 154 valence electrons. The zero-order valence-electron chi connectivity index (χ0n) is 15.7. The lowest BCUT2D eigenvalue weighted by Crippen LogP contribution is -2.40. The summed E-state index contributed by atoms with van der Waals surface area (Å²) in [7, 11) is 1.66. The maximum Gasteiger partial charge on any atom is 0.270 e. The molecule has 28 heavy (non-hydrogen) atoms. The summed E-state index contributed by atoms with van der Waals surface area (Å²) in [6, 6.07) is 5.32. The Labute approximate surface area is 180 Å². The van der Waals surface area contributed by atoms with Gasteiger partial charge in [0.1, 0.15) is 17.6 Å². The van der Waals surface area contributed by atoms with Gasteiger partial charge in [-0.3, -0.25) is 10.2 Å². The highest BCUT2D eigenvalue weighted by Crippen LogP contribution is 2.28. The summed E-state index contributed by atoms with van der Waals surface area (Å²) in [6.45, 7) is 3.26. The third kappa shape index (κ3) is 7.17. The second-order valence-corrected chi connectivity index (χ2v) is 7.72. The van der Waals surface area contributed by atoms with Gasteiger partial charge in [-0.05, 0) is 37.9 Å². The monoisotopic (exact) mass is 446 g/mol. The Hall–Kier alpha value is -1.47. The quantitative estimate of drug-likeness (QED) is 0.399. The fourth-order valence-electron chi connectivity index (χ4n) is 2.89. The van der Waals surface area contributed by atoms with E-state index in [2.05, 4.69) is 15.5 Å². The second kappa shape index (κ2) is 11.5. The minimum absolute atomic E-state index is 0.0871. The molecule has 1 aliphatic heterocycles. The number of carbonyl (C=O) groups is 1. The minimum atomic E-state index is -0.467. The van der Waals surface area contributed by atoms with Crippen LogP contribution < -0.4 is 15.4 Å². The molecule has 0 atom stereocenters. The fraction of sp³-hybridized carbons (Fsp3) is 0.474. The molecule has 2 rings (SSSR count). The van der Waals surface area contributed by atoms with E-state index in [1.54, 1.807) is 19.2 Å². The van der Waals surface area contributed by atoms with Crippen molar-refractivity contribution in [3.63, 3.8) is 0 Å². The topological polar surface area (TPSA) is 77.5 Å². The Morgan fingerprint density at radius 1 is 1.32 bits per heavy atom. The van der Waals surface area contributed by atoms with Crippen molar-refractivity contribution < 1.29 is 9.53 Å². The average Bonchev–Trinajstić information content (AvgIpc) is 2.68. The predicted molar refractivity (Wildman–Crippen MR) is 115 cm³/mol. The van der Waals surface area contributed by atoms with Crippen molar-refractivity contribution in [3.8, 4) is 5.75 Å². The van der Waals surface area contributed by atoms with Crippen LogP contribution in [0.2, 0.25) is 10.0 Å². The molecule has 0 spiro atoms. The van der Waals surface area contributed by atoms with Gasteiger partial charge in [0.25, 0.3) is 5.91 Å². The number of nitrogens with one attached hydrogen (secondary N) is 3. The van der Waals surface area contributed by atoms with Gasteiger partial charge in [0.05, 0.1) is 15.1 Å². The van der Waals surface area contributed by atoms with E-state index in [9.17, 15) is 4.79 Å². The van der Waals surface area contributed by atoms with Crippen molar-refractivity contribution in [3.05, 3.63) is 39.5 Å². The Kier molecular flexibility index (Phi) is 9.38. The summed E-state index contributed by atoms with van der Waals surface area (Å²) in [4.78, 5) is 14.2. The van der Waals surface area contributed by atoms with E-state index in [0.717, 1.165) is 44.6 Å². The Morgan fingerprint density at radius 2 is 2.04 bits per heavy atom. The van der Waals surface area contributed by atoms with E-state index < -0.39 is 5.91 Å². The van der Waals surface area contributed by atoms with Gasteiger partial charge in [0.15, 0.2) is 0 Å². The van der Waals surface area contributed by atoms with Crippen molar-refractivity contribution in [1.29, 1.82) is 5.41 Å². The van der Waals surface area contributed by atoms with Crippen LogP contribution in [0.1, 0.15) is 19.3 Å². The van der Waals surface area contributed by atoms with Crippen LogP contribution in [0, 0.1) is 5.41 Å². The van der Waals surface area contributed by atoms with Gasteiger partial charge < -0.3 is 20.3 Å². The maximum absolute atomic E-state index is 11.8. The molecule has 0 saturated carbocycles. The summed E-state index contributed by atoms with van der Waals surface area (Å²) in [6.07, 6.45) is 4.25. The summed E-state index contributed by atoms with van der Waals surface area (Å²) in [5, 5.41) is 14.2. The van der Waals surface area contributed by atoms with Gasteiger partial charge in [0.2, 0.25) is 0 Å². The van der Waals surface area contributed by atoms with E-state index in [-0.39, 0.29) is 16.8 Å². The first kappa shape index (κ1) is 22.8. The number of hydrogen-bond acceptors (Lipinski definition) is 5. The lowest BCUT2D eigenvalue weighted by Gasteiger charge is -2.32. The first-order chi connectivity index (χ1) is 13.4. The fourth-order valence-corrected chi connectivity index (χ4v) is 3.38. The van der Waals surface area contributed by atoms with E-state index >= 15 is 0 Å². The van der Waals surface area contributed by atoms with Crippen molar-refractivity contribution in [1.82, 2.24) is 15.5 Å². The van der Waals surface area contributed by atoms with Crippen molar-refractivity contribution in [2.75, 3.05) is 33.2 Å². The van der Waals surface area contributed by atoms with E-state index in [4.69, 9.17) is 44.9 Å². The highest BCUT2D eigenvalue weighted by molar-refractivity contribution is 6.58. The molecule has 0 unspecified atom stereocenters. The average molecular weight is 448 g/mol. The SMILES string of the molecule is CN/C=C(/Cl)C(=N)C(=O)NCCCN1CCC(Oc2ccc(Cl)c(Cl)c2)CC1. The zero-order valence-corrected chi connectivity index (χ0v) is 18.0. The van der Waals surface area contributed by atoms with Crippen molar-refractivity contribution in [2.45, 2.75) is 25.4 Å². The summed E-state index contributed by atoms with van der Waals surface area (Å²) < 4.78 is 5.99. The number of rotatable bonds is 9. The van der Waals surface area contributed by atoms with E-state index in [0.29, 0.717) is 16.6 Å². The molecule has 1 amide bonds. The van der Waals surface area contributed by atoms with Crippen molar-refractivity contribution >= 4 is 46.4 Å². The van der Waals surface area contributed by atoms with E-state index in [1.807, 2.05) is 6.07 Å². The van der Waals surface area contributed by atoms with Crippen LogP contribution in [0.25, 0.3) is 0 Å². The molecule has 0 aromatic heterocycles. The number of benzene rings is 1. The highest BCUT2D eigenvalue weighted by Gasteiger charge is 2.20. The van der Waals surface area contributed by atoms with Crippen LogP contribution in [0.4, 0.5) is 0 Å². The second-order valence-electron chi connectivity index (χ2n) is 6.50. The molecule has 1 saturated heterocycles. The normalized spacial score (nSPS) is 15.9. The number of hydrogen-bond donors (Lipinski definition) is 3. The van der Waals surface area contributed by atoms with Crippen LogP contribution >= 0.6 is 34.8 Å². The number of piperidine rings is 1. The number of ether oxygens (including phenoxy) is 1. The van der Waals surface area contributed by atoms with Crippen LogP contribution in [-0.4, -0.2) is 55.8 Å². The Balaban J connectivity index is 1.63. The van der Waals surface area contributed by atoms with Gasteiger partial charge in [-0.2, -0.15) is 0 Å². The largest absolute Gasteiger partial charge is 0.490 e. The molecule has 1 aromatic rings. The Morgan fingerprint density at radius 3 is 2.68 bits per heavy atom. The lowest BCUT2D eigenvalue weighted by molar-refractivity contribution is -0.114. The van der Waals surface area contributed by atoms with Gasteiger partial charge in [-0.25, -0.2) is 0 Å². The molecule has 0 aliphatic carbocycles. The first-order valence-electron chi connectivity index (χ1n) is 9.15. The van der Waals surface area contributed by atoms with Crippen LogP contribution in [-0.2, 0) is 4.79 Å². The standard InChI is InChI=1S/C19H25Cl3N4O2/c1-24-12-17(22)18(23)19(27)25-7-2-8-26-9-5-13(6-10-26)28-14-3-4-15(20)16(21)11-14/h3-4,11-13,23-24H,2,5-10H2,1H3,(H,25,27)/b17-12+,23-18?. The molecule has 0 bridgehead atoms. The molecule has 1 aromatic carbocycles. The van der Waals surface area contributed by atoms with Crippen LogP contribution in [0.3, 0.4) is 0 Å². The molecule has 3 N–H and O–H groups in total. The summed E-state index contributed by atoms with van der Waals surface area (Å²) in [5.41, 5.74) is -0.240. The number of nitrogens with zero attached hydrogens (tertiary/aromatic N) is 1. The zero-order chi connectivity index (χ0) is 20.5. The summed E-state index contributed by atoms with van der Waals surface area (Å²) in [5.74, 6) is 0.272. The smallest absolute Gasteiger partial charge is 0.270 e. The minimum Gasteiger partial charge on any atom is -0.490 e. The molecule has 1 fully saturated rings. The molecule has 0 radical (unpaired) electrons.